The van der Waals surface area contributed by atoms with Crippen molar-refractivity contribution in [2.75, 3.05) is 24.9 Å². The largest absolute Gasteiger partial charge is 0.495 e. The van der Waals surface area contributed by atoms with Gasteiger partial charge < -0.3 is 9.47 Å². The Balaban J connectivity index is 1.54. The van der Waals surface area contributed by atoms with Gasteiger partial charge in [-0.25, -0.2) is 9.37 Å². The molecule has 0 aliphatic rings. The van der Waals surface area contributed by atoms with Gasteiger partial charge in [0.25, 0.3) is 0 Å². The first-order valence-corrected chi connectivity index (χ1v) is 12.6. The van der Waals surface area contributed by atoms with Crippen molar-refractivity contribution in [2.24, 2.45) is 0 Å². The van der Waals surface area contributed by atoms with Crippen molar-refractivity contribution in [1.29, 1.82) is 0 Å². The molecule has 1 aromatic heterocycles. The molecule has 0 radical (unpaired) electrons. The summed E-state index contributed by atoms with van der Waals surface area (Å²) >= 11 is 3.03. The second-order valence-corrected chi connectivity index (χ2v) is 9.66. The Morgan fingerprint density at radius 2 is 1.71 bits per heavy atom. The molecule has 0 bridgehead atoms. The Morgan fingerprint density at radius 1 is 1.00 bits per heavy atom. The minimum atomic E-state index is -0.250. The molecule has 0 spiro atoms. The number of carbonyl (C=O) groups excluding carboxylic acids is 1. The number of carbonyl (C=O) groups is 1. The standard InChI is InChI=1S/C26H25FN2O3S2/c1-31-21-14-15-22(32-2)25-24(21)28-26(34-25)29(17-18-7-4-3-5-8-18)23(30)9-6-16-33-20-12-10-19(27)11-13-20/h3-5,7-8,10-15H,6,9,16-17H2,1-2H3. The quantitative estimate of drug-likeness (QED) is 0.184. The summed E-state index contributed by atoms with van der Waals surface area (Å²) in [7, 11) is 3.22. The highest BCUT2D eigenvalue weighted by Crippen LogP contribution is 2.40. The molecule has 3 aromatic carbocycles. The average Bonchev–Trinajstić information content (AvgIpc) is 3.31. The number of anilines is 1. The molecule has 176 valence electrons. The number of aromatic nitrogens is 1. The number of hydrogen-bond acceptors (Lipinski definition) is 6. The maximum Gasteiger partial charge on any atom is 0.229 e. The lowest BCUT2D eigenvalue weighted by Gasteiger charge is -2.20. The third-order valence-corrected chi connectivity index (χ3v) is 7.42. The van der Waals surface area contributed by atoms with Gasteiger partial charge in [-0.2, -0.15) is 0 Å². The highest BCUT2D eigenvalue weighted by Gasteiger charge is 2.22. The SMILES string of the molecule is COc1ccc(OC)c2sc(N(Cc3ccccc3)C(=O)CCCSc3ccc(F)cc3)nc12. The van der Waals surface area contributed by atoms with E-state index in [-0.39, 0.29) is 11.7 Å². The van der Waals surface area contributed by atoms with Gasteiger partial charge in [0.1, 0.15) is 27.5 Å². The van der Waals surface area contributed by atoms with Gasteiger partial charge in [-0.3, -0.25) is 9.69 Å². The fourth-order valence-electron chi connectivity index (χ4n) is 3.50. The maximum atomic E-state index is 13.4. The summed E-state index contributed by atoms with van der Waals surface area (Å²) in [6.07, 6.45) is 1.08. The number of methoxy groups -OCH3 is 2. The van der Waals surface area contributed by atoms with Gasteiger partial charge in [-0.15, -0.1) is 11.8 Å². The van der Waals surface area contributed by atoms with E-state index in [1.807, 2.05) is 42.5 Å². The minimum absolute atomic E-state index is 0.000508. The molecule has 0 saturated heterocycles. The summed E-state index contributed by atoms with van der Waals surface area (Å²) in [4.78, 5) is 20.9. The van der Waals surface area contributed by atoms with Crippen molar-refractivity contribution in [2.45, 2.75) is 24.3 Å². The first-order chi connectivity index (χ1) is 16.6. The zero-order valence-corrected chi connectivity index (χ0v) is 20.6. The lowest BCUT2D eigenvalue weighted by atomic mass is 10.2. The van der Waals surface area contributed by atoms with Crippen LogP contribution in [0.5, 0.6) is 11.5 Å². The van der Waals surface area contributed by atoms with Crippen LogP contribution in [0.3, 0.4) is 0 Å². The molecule has 0 N–H and O–H groups in total. The fourth-order valence-corrected chi connectivity index (χ4v) is 5.44. The smallest absolute Gasteiger partial charge is 0.229 e. The molecule has 4 rings (SSSR count). The number of rotatable bonds is 10. The molecular weight excluding hydrogens is 471 g/mol. The lowest BCUT2D eigenvalue weighted by molar-refractivity contribution is -0.118. The van der Waals surface area contributed by atoms with Crippen molar-refractivity contribution in [3.63, 3.8) is 0 Å². The summed E-state index contributed by atoms with van der Waals surface area (Å²) in [6, 6.07) is 19.9. The van der Waals surface area contributed by atoms with Crippen molar-refractivity contribution in [1.82, 2.24) is 4.98 Å². The van der Waals surface area contributed by atoms with Crippen molar-refractivity contribution in [3.05, 3.63) is 78.1 Å². The van der Waals surface area contributed by atoms with Gasteiger partial charge in [0.2, 0.25) is 5.91 Å². The van der Waals surface area contributed by atoms with Crippen LogP contribution < -0.4 is 14.4 Å². The van der Waals surface area contributed by atoms with Crippen molar-refractivity contribution < 1.29 is 18.7 Å². The van der Waals surface area contributed by atoms with Crippen LogP contribution in [0.4, 0.5) is 9.52 Å². The van der Waals surface area contributed by atoms with Crippen LogP contribution >= 0.6 is 23.1 Å². The van der Waals surface area contributed by atoms with Crippen LogP contribution in [0.2, 0.25) is 0 Å². The second-order valence-electron chi connectivity index (χ2n) is 7.52. The van der Waals surface area contributed by atoms with Gasteiger partial charge in [0.05, 0.1) is 20.8 Å². The number of amides is 1. The number of halogens is 1. The Labute approximate surface area is 206 Å². The molecule has 0 unspecified atom stereocenters. The van der Waals surface area contributed by atoms with Crippen LogP contribution in [0.25, 0.3) is 10.2 Å². The van der Waals surface area contributed by atoms with Crippen LogP contribution in [0.1, 0.15) is 18.4 Å². The Morgan fingerprint density at radius 3 is 2.41 bits per heavy atom. The van der Waals surface area contributed by atoms with Crippen LogP contribution in [-0.4, -0.2) is 30.9 Å². The predicted octanol–water partition coefficient (Wildman–Crippen LogP) is 6.56. The normalized spacial score (nSPS) is 10.9. The van der Waals surface area contributed by atoms with Gasteiger partial charge in [0, 0.05) is 11.3 Å². The summed E-state index contributed by atoms with van der Waals surface area (Å²) < 4.78 is 24.9. The molecule has 8 heteroatoms. The summed E-state index contributed by atoms with van der Waals surface area (Å²) in [5.41, 5.74) is 1.70. The molecule has 1 heterocycles. The number of nitrogens with zero attached hydrogens (tertiary/aromatic N) is 2. The lowest BCUT2D eigenvalue weighted by Crippen LogP contribution is -2.30. The molecule has 0 fully saturated rings. The van der Waals surface area contributed by atoms with Crippen molar-refractivity contribution >= 4 is 44.4 Å². The number of hydrogen-bond donors (Lipinski definition) is 0. The molecule has 1 amide bonds. The number of fused-ring (bicyclic) bond motifs is 1. The molecule has 0 atom stereocenters. The van der Waals surface area contributed by atoms with E-state index in [1.54, 1.807) is 43.0 Å². The van der Waals surface area contributed by atoms with E-state index < -0.39 is 0 Å². The molecule has 0 aliphatic carbocycles. The second kappa shape index (κ2) is 11.4. The zero-order chi connectivity index (χ0) is 23.9. The van der Waals surface area contributed by atoms with Crippen LogP contribution in [0, 0.1) is 5.82 Å². The Bertz CT molecular complexity index is 1210. The van der Waals surface area contributed by atoms with E-state index in [9.17, 15) is 9.18 Å². The zero-order valence-electron chi connectivity index (χ0n) is 19.0. The molecule has 5 nitrogen and oxygen atoms in total. The minimum Gasteiger partial charge on any atom is -0.495 e. The third-order valence-electron chi connectivity index (χ3n) is 5.23. The molecule has 4 aromatic rings. The van der Waals surface area contributed by atoms with E-state index >= 15 is 0 Å². The Kier molecular flexibility index (Phi) is 8.03. The van der Waals surface area contributed by atoms with Crippen LogP contribution in [-0.2, 0) is 11.3 Å². The predicted molar refractivity (Wildman–Crippen MR) is 137 cm³/mol. The molecular formula is C26H25FN2O3S2. The van der Waals surface area contributed by atoms with E-state index in [4.69, 9.17) is 14.5 Å². The number of ether oxygens (including phenoxy) is 2. The fraction of sp³-hybridized carbons (Fsp3) is 0.231. The highest BCUT2D eigenvalue weighted by molar-refractivity contribution is 7.99. The number of thioether (sulfide) groups is 1. The Hall–Kier alpha value is -3.10. The molecule has 0 saturated carbocycles. The number of benzene rings is 3. The van der Waals surface area contributed by atoms with Crippen molar-refractivity contribution in [3.8, 4) is 11.5 Å². The van der Waals surface area contributed by atoms with E-state index in [0.29, 0.717) is 41.5 Å². The number of thiazole rings is 1. The summed E-state index contributed by atoms with van der Waals surface area (Å²) in [5, 5.41) is 0.609. The van der Waals surface area contributed by atoms with Gasteiger partial charge in [-0.1, -0.05) is 41.7 Å². The van der Waals surface area contributed by atoms with Gasteiger partial charge in [-0.05, 0) is 54.1 Å². The summed E-state index contributed by atoms with van der Waals surface area (Å²) in [5.74, 6) is 1.85. The monoisotopic (exact) mass is 496 g/mol. The van der Waals surface area contributed by atoms with E-state index in [1.165, 1.54) is 23.5 Å². The van der Waals surface area contributed by atoms with E-state index in [2.05, 4.69) is 0 Å². The van der Waals surface area contributed by atoms with Crippen LogP contribution in [0.15, 0.2) is 71.6 Å². The first kappa shape index (κ1) is 24.0. The first-order valence-electron chi connectivity index (χ1n) is 10.8. The average molecular weight is 497 g/mol. The molecule has 0 aliphatic heterocycles. The maximum absolute atomic E-state index is 13.4. The van der Waals surface area contributed by atoms with Gasteiger partial charge >= 0.3 is 0 Å². The molecule has 34 heavy (non-hydrogen) atoms. The topological polar surface area (TPSA) is 51.7 Å². The summed E-state index contributed by atoms with van der Waals surface area (Å²) in [6.45, 7) is 0.426. The van der Waals surface area contributed by atoms with Gasteiger partial charge in [0.15, 0.2) is 5.13 Å². The van der Waals surface area contributed by atoms with E-state index in [0.717, 1.165) is 20.9 Å². The highest BCUT2D eigenvalue weighted by atomic mass is 32.2. The third kappa shape index (κ3) is 5.69.